The number of rotatable bonds is 4. The number of hydrogen-bond donors (Lipinski definition) is 1. The highest BCUT2D eigenvalue weighted by molar-refractivity contribution is 8.26. The van der Waals surface area contributed by atoms with E-state index in [1.54, 1.807) is 0 Å². The van der Waals surface area contributed by atoms with Gasteiger partial charge in [-0.15, -0.1) is 11.3 Å². The Kier molecular flexibility index (Phi) is 6.22. The van der Waals surface area contributed by atoms with E-state index in [0.29, 0.717) is 17.0 Å². The Labute approximate surface area is 184 Å². The average Bonchev–Trinajstić information content (AvgIpc) is 3.20. The topological polar surface area (TPSA) is 63.4 Å². The first-order valence-corrected chi connectivity index (χ1v) is 10.3. The summed E-state index contributed by atoms with van der Waals surface area (Å²) >= 11 is 6.94. The van der Waals surface area contributed by atoms with Crippen molar-refractivity contribution in [1.29, 1.82) is 0 Å². The molecule has 2 heterocycles. The van der Waals surface area contributed by atoms with Gasteiger partial charge < -0.3 is 5.73 Å². The van der Waals surface area contributed by atoms with Crippen LogP contribution in [-0.2, 0) is 21.9 Å². The lowest BCUT2D eigenvalue weighted by atomic mass is 10.0. The number of thiophene rings is 1. The van der Waals surface area contributed by atoms with Crippen LogP contribution in [0.1, 0.15) is 16.0 Å². The number of alkyl halides is 6. The third kappa shape index (κ3) is 5.28. The van der Waals surface area contributed by atoms with E-state index in [-0.39, 0.29) is 26.4 Å². The molecule has 3 rings (SSSR count). The highest BCUT2D eigenvalue weighted by atomic mass is 32.2. The molecule has 0 bridgehead atoms. The number of nitrogens with two attached hydrogens (primary N) is 1. The van der Waals surface area contributed by atoms with Crippen molar-refractivity contribution in [2.45, 2.75) is 12.4 Å². The molecule has 4 nitrogen and oxygen atoms in total. The van der Waals surface area contributed by atoms with E-state index in [0.717, 1.165) is 28.0 Å². The van der Waals surface area contributed by atoms with Crippen molar-refractivity contribution in [2.75, 3.05) is 6.54 Å². The van der Waals surface area contributed by atoms with Gasteiger partial charge in [-0.25, -0.2) is 0 Å². The number of carbonyl (C=O) groups excluding carboxylic acids is 2. The number of hydrogen-bond acceptors (Lipinski definition) is 5. The second-order valence-corrected chi connectivity index (χ2v) is 8.89. The quantitative estimate of drug-likeness (QED) is 0.362. The molecular formula is C18H10F6N2O2S3. The van der Waals surface area contributed by atoms with Crippen LogP contribution in [0, 0.1) is 0 Å². The fourth-order valence-electron chi connectivity index (χ4n) is 2.62. The van der Waals surface area contributed by atoms with Gasteiger partial charge in [0, 0.05) is 4.88 Å². The molecule has 2 aromatic rings. The fraction of sp³-hybridized carbons (Fsp3) is 0.167. The summed E-state index contributed by atoms with van der Waals surface area (Å²) in [6.07, 6.45) is -8.51. The van der Waals surface area contributed by atoms with Gasteiger partial charge in [0.25, 0.3) is 5.91 Å². The van der Waals surface area contributed by atoms with E-state index in [1.165, 1.54) is 17.5 Å². The molecule has 1 aliphatic rings. The highest BCUT2D eigenvalue weighted by Crippen LogP contribution is 2.40. The summed E-state index contributed by atoms with van der Waals surface area (Å²) in [5, 5.41) is 1.38. The molecule has 0 spiro atoms. The van der Waals surface area contributed by atoms with Crippen molar-refractivity contribution in [3.63, 3.8) is 0 Å². The molecule has 0 unspecified atom stereocenters. The predicted molar refractivity (Wildman–Crippen MR) is 109 cm³/mol. The number of amides is 2. The molecule has 0 aliphatic carbocycles. The van der Waals surface area contributed by atoms with E-state index in [4.69, 9.17) is 18.0 Å². The molecule has 1 saturated heterocycles. The largest absolute Gasteiger partial charge is 0.416 e. The number of benzene rings is 1. The molecule has 2 amide bonds. The SMILES string of the molecule is NC(=O)CN1C(=O)/C(=C/c2cc(-c3cc(C(F)(F)F)cc(C(F)(F)F)c3)cs2)SC1=S. The number of nitrogens with zero attached hydrogens (tertiary/aromatic N) is 1. The Bertz CT molecular complexity index is 1070. The van der Waals surface area contributed by atoms with E-state index < -0.39 is 41.8 Å². The van der Waals surface area contributed by atoms with Crippen LogP contribution in [0.3, 0.4) is 0 Å². The second kappa shape index (κ2) is 8.28. The minimum atomic E-state index is -4.96. The number of primary amides is 1. The molecule has 164 valence electrons. The van der Waals surface area contributed by atoms with Crippen molar-refractivity contribution in [3.8, 4) is 11.1 Å². The summed E-state index contributed by atoms with van der Waals surface area (Å²) in [4.78, 5) is 24.9. The molecule has 1 aliphatic heterocycles. The summed E-state index contributed by atoms with van der Waals surface area (Å²) in [5.74, 6) is -1.33. The Morgan fingerprint density at radius 3 is 2.13 bits per heavy atom. The van der Waals surface area contributed by atoms with Crippen LogP contribution < -0.4 is 5.73 Å². The summed E-state index contributed by atoms with van der Waals surface area (Å²) in [7, 11) is 0. The van der Waals surface area contributed by atoms with Gasteiger partial charge in [0.15, 0.2) is 0 Å². The van der Waals surface area contributed by atoms with Crippen LogP contribution in [0.15, 0.2) is 34.6 Å². The monoisotopic (exact) mass is 496 g/mol. The summed E-state index contributed by atoms with van der Waals surface area (Å²) in [6, 6.07) is 2.68. The van der Waals surface area contributed by atoms with Gasteiger partial charge in [0.2, 0.25) is 5.91 Å². The van der Waals surface area contributed by atoms with Crippen molar-refractivity contribution >= 4 is 57.5 Å². The van der Waals surface area contributed by atoms with Gasteiger partial charge >= 0.3 is 12.4 Å². The minimum Gasteiger partial charge on any atom is -0.368 e. The van der Waals surface area contributed by atoms with Gasteiger partial charge in [-0.1, -0.05) is 24.0 Å². The summed E-state index contributed by atoms with van der Waals surface area (Å²) in [6.45, 7) is -0.401. The number of carbonyl (C=O) groups is 2. The van der Waals surface area contributed by atoms with Crippen LogP contribution in [0.25, 0.3) is 17.2 Å². The van der Waals surface area contributed by atoms with Gasteiger partial charge in [0.05, 0.1) is 16.0 Å². The molecule has 0 radical (unpaired) electrons. The Hall–Kier alpha value is -2.38. The van der Waals surface area contributed by atoms with Crippen molar-refractivity contribution in [3.05, 3.63) is 50.6 Å². The maximum Gasteiger partial charge on any atom is 0.416 e. The van der Waals surface area contributed by atoms with E-state index >= 15 is 0 Å². The second-order valence-electron chi connectivity index (χ2n) is 6.27. The molecule has 0 atom stereocenters. The highest BCUT2D eigenvalue weighted by Gasteiger charge is 2.37. The van der Waals surface area contributed by atoms with Crippen LogP contribution >= 0.6 is 35.3 Å². The summed E-state index contributed by atoms with van der Waals surface area (Å²) < 4.78 is 78.5. The van der Waals surface area contributed by atoms with Crippen molar-refractivity contribution in [1.82, 2.24) is 4.90 Å². The first kappa shape index (κ1) is 23.3. The van der Waals surface area contributed by atoms with Crippen LogP contribution in [0.5, 0.6) is 0 Å². The van der Waals surface area contributed by atoms with Crippen molar-refractivity contribution < 1.29 is 35.9 Å². The van der Waals surface area contributed by atoms with Crippen molar-refractivity contribution in [2.24, 2.45) is 5.73 Å². The van der Waals surface area contributed by atoms with Gasteiger partial charge in [-0.2, -0.15) is 26.3 Å². The fourth-order valence-corrected chi connectivity index (χ4v) is 4.79. The average molecular weight is 496 g/mol. The molecular weight excluding hydrogens is 486 g/mol. The smallest absolute Gasteiger partial charge is 0.368 e. The maximum atomic E-state index is 13.1. The standard InChI is InChI=1S/C18H10F6N2O2S3/c19-17(20,21)10-1-8(2-11(4-10)18(22,23)24)9-3-12(30-7-9)5-13-15(28)26(6-14(25)27)16(29)31-13/h1-5,7H,6H2,(H2,25,27)/b13-5-. The molecule has 1 fully saturated rings. The molecule has 2 N–H and O–H groups in total. The number of thiocarbonyl (C=S) groups is 1. The number of thioether (sulfide) groups is 1. The first-order chi connectivity index (χ1) is 14.3. The molecule has 0 saturated carbocycles. The van der Waals surface area contributed by atoms with Gasteiger partial charge in [-0.3, -0.25) is 14.5 Å². The van der Waals surface area contributed by atoms with Crippen LogP contribution in [0.4, 0.5) is 26.3 Å². The lowest BCUT2D eigenvalue weighted by Crippen LogP contribution is -2.36. The maximum absolute atomic E-state index is 13.1. The summed E-state index contributed by atoms with van der Waals surface area (Å²) in [5.41, 5.74) is 2.09. The zero-order valence-electron chi connectivity index (χ0n) is 15.0. The number of halogens is 6. The Morgan fingerprint density at radius 2 is 1.61 bits per heavy atom. The third-order valence-electron chi connectivity index (χ3n) is 4.00. The molecule has 31 heavy (non-hydrogen) atoms. The van der Waals surface area contributed by atoms with Gasteiger partial charge in [-0.05, 0) is 46.8 Å². The minimum absolute atomic E-state index is 0.0564. The predicted octanol–water partition coefficient (Wildman–Crippen LogP) is 5.14. The van der Waals surface area contributed by atoms with E-state index in [9.17, 15) is 35.9 Å². The normalized spacial score (nSPS) is 16.5. The lowest BCUT2D eigenvalue weighted by molar-refractivity contribution is -0.143. The lowest BCUT2D eigenvalue weighted by Gasteiger charge is -2.13. The zero-order valence-corrected chi connectivity index (χ0v) is 17.5. The van der Waals surface area contributed by atoms with E-state index in [2.05, 4.69) is 0 Å². The third-order valence-corrected chi connectivity index (χ3v) is 6.26. The Balaban J connectivity index is 1.96. The van der Waals surface area contributed by atoms with Crippen LogP contribution in [-0.4, -0.2) is 27.6 Å². The molecule has 1 aromatic heterocycles. The van der Waals surface area contributed by atoms with Crippen LogP contribution in [0.2, 0.25) is 0 Å². The van der Waals surface area contributed by atoms with E-state index in [1.807, 2.05) is 0 Å². The molecule has 13 heteroatoms. The van der Waals surface area contributed by atoms with Gasteiger partial charge in [0.1, 0.15) is 10.9 Å². The molecule has 1 aromatic carbocycles. The zero-order chi connectivity index (χ0) is 23.1. The first-order valence-electron chi connectivity index (χ1n) is 8.18. The Morgan fingerprint density at radius 1 is 1.03 bits per heavy atom.